The highest BCUT2D eigenvalue weighted by atomic mass is 19.1. The molecule has 150 valence electrons. The Labute approximate surface area is 168 Å². The summed E-state index contributed by atoms with van der Waals surface area (Å²) in [6.07, 6.45) is 1.54. The molecule has 0 unspecified atom stereocenters. The van der Waals surface area contributed by atoms with E-state index in [0.717, 1.165) is 0 Å². The number of hydrogen-bond acceptors (Lipinski definition) is 5. The van der Waals surface area contributed by atoms with Crippen LogP contribution in [0.3, 0.4) is 0 Å². The SMILES string of the molecule is N[C@@H]1CN(C(=O)CCCc2nc(-c3ccc(F)cc3)no2)C[C@H]1c1ccccc1. The molecule has 2 N–H and O–H groups in total. The second-order valence-corrected chi connectivity index (χ2v) is 7.35. The molecule has 0 spiro atoms. The van der Waals surface area contributed by atoms with E-state index < -0.39 is 0 Å². The lowest BCUT2D eigenvalue weighted by molar-refractivity contribution is -0.130. The van der Waals surface area contributed by atoms with Crippen LogP contribution in [0.4, 0.5) is 4.39 Å². The van der Waals surface area contributed by atoms with E-state index in [9.17, 15) is 9.18 Å². The van der Waals surface area contributed by atoms with Crippen LogP contribution in [0.2, 0.25) is 0 Å². The molecule has 0 radical (unpaired) electrons. The average Bonchev–Trinajstić information content (AvgIpc) is 3.36. The minimum absolute atomic E-state index is 0.0458. The molecule has 7 heteroatoms. The van der Waals surface area contributed by atoms with Gasteiger partial charge in [-0.05, 0) is 36.2 Å². The fraction of sp³-hybridized carbons (Fsp3) is 0.318. The quantitative estimate of drug-likeness (QED) is 0.694. The van der Waals surface area contributed by atoms with Gasteiger partial charge in [0, 0.05) is 43.5 Å². The molecule has 0 saturated carbocycles. The molecule has 1 saturated heterocycles. The summed E-state index contributed by atoms with van der Waals surface area (Å²) in [5.74, 6) is 0.846. The van der Waals surface area contributed by atoms with Crippen molar-refractivity contribution in [3.05, 3.63) is 71.9 Å². The molecule has 29 heavy (non-hydrogen) atoms. The van der Waals surface area contributed by atoms with Crippen LogP contribution in [0.5, 0.6) is 0 Å². The smallest absolute Gasteiger partial charge is 0.226 e. The summed E-state index contributed by atoms with van der Waals surface area (Å²) in [5, 5.41) is 3.92. The number of benzene rings is 2. The second-order valence-electron chi connectivity index (χ2n) is 7.35. The van der Waals surface area contributed by atoms with Crippen molar-refractivity contribution in [2.24, 2.45) is 5.73 Å². The average molecular weight is 394 g/mol. The Balaban J connectivity index is 1.28. The van der Waals surface area contributed by atoms with Gasteiger partial charge in [-0.2, -0.15) is 4.98 Å². The summed E-state index contributed by atoms with van der Waals surface area (Å²) in [6, 6.07) is 16.0. The normalized spacial score (nSPS) is 18.9. The first kappa shape index (κ1) is 19.3. The van der Waals surface area contributed by atoms with Crippen molar-refractivity contribution in [1.29, 1.82) is 0 Å². The molecule has 0 aliphatic carbocycles. The minimum atomic E-state index is -0.313. The molecule has 1 fully saturated rings. The van der Waals surface area contributed by atoms with Gasteiger partial charge in [0.15, 0.2) is 0 Å². The number of aryl methyl sites for hydroxylation is 1. The van der Waals surface area contributed by atoms with Gasteiger partial charge in [-0.3, -0.25) is 4.79 Å². The molecular weight excluding hydrogens is 371 g/mol. The molecule has 1 aromatic heterocycles. The summed E-state index contributed by atoms with van der Waals surface area (Å²) < 4.78 is 18.3. The maximum absolute atomic E-state index is 13.0. The van der Waals surface area contributed by atoms with Crippen LogP contribution in [-0.2, 0) is 11.2 Å². The largest absolute Gasteiger partial charge is 0.340 e. The van der Waals surface area contributed by atoms with E-state index in [2.05, 4.69) is 22.3 Å². The molecular formula is C22H23FN4O2. The van der Waals surface area contributed by atoms with E-state index in [4.69, 9.17) is 10.3 Å². The number of likely N-dealkylation sites (tertiary alicyclic amines) is 1. The fourth-order valence-electron chi connectivity index (χ4n) is 3.71. The van der Waals surface area contributed by atoms with Crippen LogP contribution in [0.25, 0.3) is 11.4 Å². The predicted molar refractivity (Wildman–Crippen MR) is 106 cm³/mol. The highest BCUT2D eigenvalue weighted by Crippen LogP contribution is 2.27. The van der Waals surface area contributed by atoms with E-state index in [1.165, 1.54) is 17.7 Å². The van der Waals surface area contributed by atoms with E-state index >= 15 is 0 Å². The first-order chi connectivity index (χ1) is 14.1. The summed E-state index contributed by atoms with van der Waals surface area (Å²) in [5.41, 5.74) is 8.14. The third-order valence-electron chi connectivity index (χ3n) is 5.30. The van der Waals surface area contributed by atoms with Crippen molar-refractivity contribution in [3.63, 3.8) is 0 Å². The summed E-state index contributed by atoms with van der Waals surface area (Å²) in [4.78, 5) is 18.8. The van der Waals surface area contributed by atoms with Crippen molar-refractivity contribution < 1.29 is 13.7 Å². The minimum Gasteiger partial charge on any atom is -0.340 e. The Morgan fingerprint density at radius 3 is 2.66 bits per heavy atom. The standard InChI is InChI=1S/C22H23FN4O2/c23-17-11-9-16(10-12-17)22-25-20(29-26-22)7-4-8-21(28)27-13-18(19(24)14-27)15-5-2-1-3-6-15/h1-3,5-6,9-12,18-19H,4,7-8,13-14,24H2/t18-,19+/m0/s1. The Morgan fingerprint density at radius 1 is 1.14 bits per heavy atom. The number of halogens is 1. The van der Waals surface area contributed by atoms with Crippen molar-refractivity contribution >= 4 is 5.91 Å². The lowest BCUT2D eigenvalue weighted by Gasteiger charge is -2.16. The number of nitrogens with zero attached hydrogens (tertiary/aromatic N) is 3. The van der Waals surface area contributed by atoms with Crippen molar-refractivity contribution in [1.82, 2.24) is 15.0 Å². The van der Waals surface area contributed by atoms with Gasteiger partial charge in [0.05, 0.1) is 0 Å². The number of carbonyl (C=O) groups excluding carboxylic acids is 1. The van der Waals surface area contributed by atoms with Gasteiger partial charge in [-0.15, -0.1) is 0 Å². The molecule has 1 aliphatic rings. The van der Waals surface area contributed by atoms with Crippen LogP contribution in [0.15, 0.2) is 59.1 Å². The Hall–Kier alpha value is -3.06. The molecule has 6 nitrogen and oxygen atoms in total. The van der Waals surface area contributed by atoms with Crippen LogP contribution >= 0.6 is 0 Å². The first-order valence-corrected chi connectivity index (χ1v) is 9.77. The van der Waals surface area contributed by atoms with Gasteiger partial charge in [-0.1, -0.05) is 35.5 Å². The van der Waals surface area contributed by atoms with Gasteiger partial charge in [0.2, 0.25) is 17.6 Å². The lowest BCUT2D eigenvalue weighted by atomic mass is 9.95. The lowest BCUT2D eigenvalue weighted by Crippen LogP contribution is -2.32. The van der Waals surface area contributed by atoms with Crippen LogP contribution < -0.4 is 5.73 Å². The highest BCUT2D eigenvalue weighted by molar-refractivity contribution is 5.76. The second kappa shape index (κ2) is 8.53. The summed E-state index contributed by atoms with van der Waals surface area (Å²) >= 11 is 0. The zero-order valence-electron chi connectivity index (χ0n) is 16.0. The molecule has 0 bridgehead atoms. The molecule has 3 aromatic rings. The molecule has 4 rings (SSSR count). The van der Waals surface area contributed by atoms with E-state index in [0.29, 0.717) is 49.6 Å². The maximum atomic E-state index is 13.0. The Morgan fingerprint density at radius 2 is 1.90 bits per heavy atom. The summed E-state index contributed by atoms with van der Waals surface area (Å²) in [7, 11) is 0. The van der Waals surface area contributed by atoms with Crippen molar-refractivity contribution in [3.8, 4) is 11.4 Å². The van der Waals surface area contributed by atoms with E-state index in [-0.39, 0.29) is 23.7 Å². The number of rotatable bonds is 6. The van der Waals surface area contributed by atoms with Crippen LogP contribution in [0.1, 0.15) is 30.2 Å². The third-order valence-corrected chi connectivity index (χ3v) is 5.30. The number of hydrogen-bond donors (Lipinski definition) is 1. The predicted octanol–water partition coefficient (Wildman–Crippen LogP) is 3.15. The zero-order valence-corrected chi connectivity index (χ0v) is 16.0. The molecule has 2 atom stereocenters. The Bertz CT molecular complexity index is 958. The number of nitrogens with two attached hydrogens (primary N) is 1. The first-order valence-electron chi connectivity index (χ1n) is 9.77. The topological polar surface area (TPSA) is 85.2 Å². The van der Waals surface area contributed by atoms with Crippen LogP contribution in [0, 0.1) is 5.82 Å². The Kier molecular flexibility index (Phi) is 5.67. The third kappa shape index (κ3) is 4.51. The molecule has 1 amide bonds. The van der Waals surface area contributed by atoms with Crippen molar-refractivity contribution in [2.45, 2.75) is 31.2 Å². The van der Waals surface area contributed by atoms with Gasteiger partial charge in [0.25, 0.3) is 0 Å². The maximum Gasteiger partial charge on any atom is 0.226 e. The van der Waals surface area contributed by atoms with Crippen molar-refractivity contribution in [2.75, 3.05) is 13.1 Å². The van der Waals surface area contributed by atoms with Gasteiger partial charge < -0.3 is 15.2 Å². The molecule has 1 aliphatic heterocycles. The zero-order chi connectivity index (χ0) is 20.2. The number of carbonyl (C=O) groups is 1. The van der Waals surface area contributed by atoms with Gasteiger partial charge in [-0.25, -0.2) is 4.39 Å². The van der Waals surface area contributed by atoms with E-state index in [1.807, 2.05) is 23.1 Å². The molecule has 2 heterocycles. The van der Waals surface area contributed by atoms with Gasteiger partial charge >= 0.3 is 0 Å². The number of amides is 1. The van der Waals surface area contributed by atoms with E-state index in [1.54, 1.807) is 12.1 Å². The monoisotopic (exact) mass is 394 g/mol. The fourth-order valence-corrected chi connectivity index (χ4v) is 3.71. The summed E-state index contributed by atoms with van der Waals surface area (Å²) in [6.45, 7) is 1.23. The van der Waals surface area contributed by atoms with Crippen LogP contribution in [-0.4, -0.2) is 40.1 Å². The highest BCUT2D eigenvalue weighted by Gasteiger charge is 2.33. The van der Waals surface area contributed by atoms with Gasteiger partial charge in [0.1, 0.15) is 5.82 Å². The molecule has 2 aromatic carbocycles. The number of aromatic nitrogens is 2.